The average Bonchev–Trinajstić information content (AvgIpc) is 2.32. The second-order valence-corrected chi connectivity index (χ2v) is 4.78. The van der Waals surface area contributed by atoms with Crippen molar-refractivity contribution in [2.24, 2.45) is 11.7 Å². The molecule has 18 heavy (non-hydrogen) atoms. The van der Waals surface area contributed by atoms with Gasteiger partial charge in [0.05, 0.1) is 4.99 Å². The quantitative estimate of drug-likeness (QED) is 0.863. The molecule has 1 aromatic carbocycles. The first-order valence-electron chi connectivity index (χ1n) is 5.57. The monoisotopic (exact) mass is 264 g/mol. The Labute approximate surface area is 109 Å². The number of thiocarbonyl (C=S) groups is 1. The van der Waals surface area contributed by atoms with Crippen LogP contribution in [-0.4, -0.2) is 9.56 Å². The predicted molar refractivity (Wildman–Crippen MR) is 74.1 cm³/mol. The summed E-state index contributed by atoms with van der Waals surface area (Å²) in [7, 11) is 0. The van der Waals surface area contributed by atoms with Crippen molar-refractivity contribution in [1.82, 2.24) is 4.57 Å². The third-order valence-electron chi connectivity index (χ3n) is 2.90. The van der Waals surface area contributed by atoms with Crippen LogP contribution in [0.15, 0.2) is 35.3 Å². The van der Waals surface area contributed by atoms with E-state index in [4.69, 9.17) is 18.0 Å². The van der Waals surface area contributed by atoms with Gasteiger partial charge in [0.2, 0.25) is 0 Å². The highest BCUT2D eigenvalue weighted by atomic mass is 32.1. The minimum absolute atomic E-state index is 0.0596. The van der Waals surface area contributed by atoms with Crippen LogP contribution in [0.3, 0.4) is 0 Å². The van der Waals surface area contributed by atoms with Gasteiger partial charge in [-0.05, 0) is 29.7 Å². The third kappa shape index (κ3) is 2.41. The Balaban J connectivity index is 2.49. The summed E-state index contributed by atoms with van der Waals surface area (Å²) in [5.41, 5.74) is 5.38. The fraction of sp³-hybridized carbons (Fsp3) is 0.231. The van der Waals surface area contributed by atoms with E-state index in [0.717, 1.165) is 0 Å². The first-order valence-corrected chi connectivity index (χ1v) is 5.98. The molecule has 1 unspecified atom stereocenters. The number of halogens is 1. The largest absolute Gasteiger partial charge is 0.393 e. The van der Waals surface area contributed by atoms with E-state index in [-0.39, 0.29) is 17.3 Å². The maximum Gasteiger partial charge on any atom is 0.258 e. The van der Waals surface area contributed by atoms with E-state index in [0.29, 0.717) is 22.3 Å². The number of benzene rings is 1. The number of rotatable bonds is 3. The minimum atomic E-state index is -0.351. The van der Waals surface area contributed by atoms with Crippen molar-refractivity contribution >= 4 is 28.0 Å². The van der Waals surface area contributed by atoms with Gasteiger partial charge in [0.25, 0.3) is 5.56 Å². The number of pyridine rings is 1. The van der Waals surface area contributed by atoms with Crippen molar-refractivity contribution in [3.05, 3.63) is 46.6 Å². The fourth-order valence-electron chi connectivity index (χ4n) is 1.79. The van der Waals surface area contributed by atoms with Crippen LogP contribution in [0.25, 0.3) is 10.8 Å². The number of fused-ring (bicyclic) bond motifs is 1. The SMILES string of the molecule is CC(Cn1ccc2cc(F)ccc2c1=O)C(N)=S. The van der Waals surface area contributed by atoms with Crippen molar-refractivity contribution in [1.29, 1.82) is 0 Å². The number of hydrogen-bond donors (Lipinski definition) is 1. The molecule has 1 aromatic heterocycles. The number of aromatic nitrogens is 1. The molecule has 0 amide bonds. The molecule has 2 rings (SSSR count). The van der Waals surface area contributed by atoms with Crippen molar-refractivity contribution < 1.29 is 4.39 Å². The normalized spacial score (nSPS) is 12.6. The summed E-state index contributed by atoms with van der Waals surface area (Å²) in [6, 6.07) is 5.84. The summed E-state index contributed by atoms with van der Waals surface area (Å²) in [5, 5.41) is 1.09. The van der Waals surface area contributed by atoms with Crippen LogP contribution < -0.4 is 11.3 Å². The summed E-state index contributed by atoms with van der Waals surface area (Å²) in [4.78, 5) is 12.5. The minimum Gasteiger partial charge on any atom is -0.393 e. The number of nitrogens with two attached hydrogens (primary N) is 1. The Morgan fingerprint density at radius 1 is 1.50 bits per heavy atom. The second-order valence-electron chi connectivity index (χ2n) is 4.31. The maximum atomic E-state index is 13.0. The second kappa shape index (κ2) is 4.86. The molecule has 0 saturated carbocycles. The smallest absolute Gasteiger partial charge is 0.258 e. The molecule has 2 aromatic rings. The van der Waals surface area contributed by atoms with Gasteiger partial charge in [0, 0.05) is 24.0 Å². The van der Waals surface area contributed by atoms with E-state index in [2.05, 4.69) is 0 Å². The molecule has 0 aliphatic rings. The molecule has 0 spiro atoms. The Kier molecular flexibility index (Phi) is 3.43. The lowest BCUT2D eigenvalue weighted by Crippen LogP contribution is -2.28. The van der Waals surface area contributed by atoms with Gasteiger partial charge < -0.3 is 10.3 Å². The molecule has 5 heteroatoms. The molecular weight excluding hydrogens is 251 g/mol. The Hall–Kier alpha value is -1.75. The maximum absolute atomic E-state index is 13.0. The predicted octanol–water partition coefficient (Wildman–Crippen LogP) is 2.06. The van der Waals surface area contributed by atoms with Crippen molar-refractivity contribution in [3.8, 4) is 0 Å². The molecule has 0 aliphatic carbocycles. The Morgan fingerprint density at radius 2 is 2.22 bits per heavy atom. The molecule has 1 heterocycles. The molecule has 94 valence electrons. The van der Waals surface area contributed by atoms with E-state index in [1.54, 1.807) is 16.8 Å². The third-order valence-corrected chi connectivity index (χ3v) is 3.30. The molecule has 3 nitrogen and oxygen atoms in total. The van der Waals surface area contributed by atoms with Gasteiger partial charge in [-0.2, -0.15) is 0 Å². The molecular formula is C13H13FN2OS. The van der Waals surface area contributed by atoms with Crippen LogP contribution in [0.5, 0.6) is 0 Å². The van der Waals surface area contributed by atoms with Gasteiger partial charge in [0.1, 0.15) is 5.82 Å². The summed E-state index contributed by atoms with van der Waals surface area (Å²) in [6.45, 7) is 2.30. The standard InChI is InChI=1S/C13H13FN2OS/c1-8(12(15)18)7-16-5-4-9-6-10(14)2-3-11(9)13(16)17/h2-6,8H,7H2,1H3,(H2,15,18). The van der Waals surface area contributed by atoms with Crippen molar-refractivity contribution in [3.63, 3.8) is 0 Å². The molecule has 0 saturated heterocycles. The Morgan fingerprint density at radius 3 is 2.89 bits per heavy atom. The first kappa shape index (κ1) is 12.7. The summed E-state index contributed by atoms with van der Waals surface area (Å²) >= 11 is 4.89. The Bertz CT molecular complexity index is 666. The van der Waals surface area contributed by atoms with Crippen LogP contribution in [0.4, 0.5) is 4.39 Å². The number of nitrogens with zero attached hydrogens (tertiary/aromatic N) is 1. The molecule has 0 fully saturated rings. The van der Waals surface area contributed by atoms with Crippen LogP contribution in [-0.2, 0) is 6.54 Å². The van der Waals surface area contributed by atoms with Gasteiger partial charge in [-0.15, -0.1) is 0 Å². The molecule has 0 aliphatic heterocycles. The molecule has 2 N–H and O–H groups in total. The van der Waals surface area contributed by atoms with Gasteiger partial charge in [0.15, 0.2) is 0 Å². The lowest BCUT2D eigenvalue weighted by atomic mass is 10.1. The van der Waals surface area contributed by atoms with Crippen LogP contribution >= 0.6 is 12.2 Å². The lowest BCUT2D eigenvalue weighted by molar-refractivity contribution is 0.584. The highest BCUT2D eigenvalue weighted by molar-refractivity contribution is 7.80. The van der Waals surface area contributed by atoms with Crippen LogP contribution in [0.2, 0.25) is 0 Å². The van der Waals surface area contributed by atoms with E-state index < -0.39 is 0 Å². The summed E-state index contributed by atoms with van der Waals surface area (Å²) < 4.78 is 14.6. The van der Waals surface area contributed by atoms with E-state index >= 15 is 0 Å². The summed E-state index contributed by atoms with van der Waals surface area (Å²) in [5.74, 6) is -0.410. The van der Waals surface area contributed by atoms with E-state index in [1.165, 1.54) is 18.2 Å². The van der Waals surface area contributed by atoms with Crippen molar-refractivity contribution in [2.45, 2.75) is 13.5 Å². The molecule has 0 bridgehead atoms. The van der Waals surface area contributed by atoms with Gasteiger partial charge >= 0.3 is 0 Å². The number of hydrogen-bond acceptors (Lipinski definition) is 2. The van der Waals surface area contributed by atoms with Crippen LogP contribution in [0, 0.1) is 11.7 Å². The van der Waals surface area contributed by atoms with Gasteiger partial charge in [-0.25, -0.2) is 4.39 Å². The first-order chi connectivity index (χ1) is 8.49. The molecule has 1 atom stereocenters. The zero-order chi connectivity index (χ0) is 13.3. The average molecular weight is 264 g/mol. The van der Waals surface area contributed by atoms with E-state index in [1.807, 2.05) is 6.92 Å². The molecule has 0 radical (unpaired) electrons. The highest BCUT2D eigenvalue weighted by Crippen LogP contribution is 2.12. The van der Waals surface area contributed by atoms with Crippen molar-refractivity contribution in [2.75, 3.05) is 0 Å². The highest BCUT2D eigenvalue weighted by Gasteiger charge is 2.09. The van der Waals surface area contributed by atoms with Gasteiger partial charge in [-0.1, -0.05) is 19.1 Å². The lowest BCUT2D eigenvalue weighted by Gasteiger charge is -2.12. The van der Waals surface area contributed by atoms with E-state index in [9.17, 15) is 9.18 Å². The zero-order valence-electron chi connectivity index (χ0n) is 9.89. The topological polar surface area (TPSA) is 48.0 Å². The zero-order valence-corrected chi connectivity index (χ0v) is 10.7. The van der Waals surface area contributed by atoms with Gasteiger partial charge in [-0.3, -0.25) is 4.79 Å². The fourth-order valence-corrected chi connectivity index (χ4v) is 1.86. The summed E-state index contributed by atoms with van der Waals surface area (Å²) in [6.07, 6.45) is 1.64. The van der Waals surface area contributed by atoms with Crippen LogP contribution in [0.1, 0.15) is 6.92 Å².